The van der Waals surface area contributed by atoms with Gasteiger partial charge in [-0.25, -0.2) is 0 Å². The van der Waals surface area contributed by atoms with Gasteiger partial charge in [0.2, 0.25) is 0 Å². The van der Waals surface area contributed by atoms with Gasteiger partial charge in [0.1, 0.15) is 0 Å². The predicted molar refractivity (Wildman–Crippen MR) is 65.5 cm³/mol. The van der Waals surface area contributed by atoms with Crippen LogP contribution in [0.5, 0.6) is 0 Å². The molecule has 2 rings (SSSR count). The fourth-order valence-electron chi connectivity index (χ4n) is 3.46. The Bertz CT molecular complexity index is 253. The Morgan fingerprint density at radius 1 is 1.06 bits per heavy atom. The topological polar surface area (TPSA) is 15.3 Å². The molecule has 0 amide bonds. The Balaban J connectivity index is 1.71. The summed E-state index contributed by atoms with van der Waals surface area (Å²) < 4.78 is 36.0. The molecule has 0 bridgehead atoms. The van der Waals surface area contributed by atoms with Crippen LogP contribution in [0.3, 0.4) is 0 Å². The van der Waals surface area contributed by atoms with E-state index in [1.54, 1.807) is 0 Å². The van der Waals surface area contributed by atoms with Gasteiger partial charge in [0.15, 0.2) is 0 Å². The lowest BCUT2D eigenvalue weighted by Gasteiger charge is -2.44. The van der Waals surface area contributed by atoms with E-state index < -0.39 is 12.7 Å². The lowest BCUT2D eigenvalue weighted by atomic mass is 9.78. The third-order valence-electron chi connectivity index (χ3n) is 4.26. The molecule has 2 fully saturated rings. The Kier molecular flexibility index (Phi) is 4.90. The molecule has 0 aromatic rings. The van der Waals surface area contributed by atoms with Crippen molar-refractivity contribution >= 4 is 0 Å². The Labute approximate surface area is 107 Å². The summed E-state index contributed by atoms with van der Waals surface area (Å²) in [5, 5.41) is 2.50. The van der Waals surface area contributed by atoms with Gasteiger partial charge in [-0.3, -0.25) is 4.90 Å². The molecule has 0 spiro atoms. The van der Waals surface area contributed by atoms with Crippen molar-refractivity contribution in [3.8, 4) is 0 Å². The van der Waals surface area contributed by atoms with Crippen LogP contribution in [0.2, 0.25) is 0 Å². The van der Waals surface area contributed by atoms with Gasteiger partial charge in [-0.15, -0.1) is 0 Å². The molecule has 1 saturated carbocycles. The third-order valence-corrected chi connectivity index (χ3v) is 4.26. The first-order chi connectivity index (χ1) is 8.56. The number of hydrogen-bond acceptors (Lipinski definition) is 2. The van der Waals surface area contributed by atoms with Crippen LogP contribution in [0.15, 0.2) is 0 Å². The molecule has 18 heavy (non-hydrogen) atoms. The highest BCUT2D eigenvalue weighted by Gasteiger charge is 2.33. The van der Waals surface area contributed by atoms with Gasteiger partial charge in [0, 0.05) is 19.1 Å². The van der Waals surface area contributed by atoms with Gasteiger partial charge in [0.25, 0.3) is 0 Å². The standard InChI is InChI=1S/C13H23F3N2/c14-13(15,16)10-17-7-9-18-8-3-5-11-4-1-2-6-12(11)18/h11-12,17H,1-10H2/t11-,12-/m1/s1. The molecule has 0 aromatic heterocycles. The van der Waals surface area contributed by atoms with Crippen LogP contribution in [0.4, 0.5) is 13.2 Å². The number of alkyl halides is 3. The minimum absolute atomic E-state index is 0.447. The first-order valence-corrected chi connectivity index (χ1v) is 7.08. The fraction of sp³-hybridized carbons (Fsp3) is 1.00. The molecule has 2 atom stereocenters. The van der Waals surface area contributed by atoms with E-state index in [0.717, 1.165) is 19.0 Å². The third kappa shape index (κ3) is 4.12. The van der Waals surface area contributed by atoms with E-state index in [4.69, 9.17) is 0 Å². The summed E-state index contributed by atoms with van der Waals surface area (Å²) in [5.74, 6) is 0.801. The maximum Gasteiger partial charge on any atom is 0.401 e. The van der Waals surface area contributed by atoms with Crippen molar-refractivity contribution in [2.24, 2.45) is 5.92 Å². The highest BCUT2D eigenvalue weighted by molar-refractivity contribution is 4.87. The van der Waals surface area contributed by atoms with Gasteiger partial charge in [-0.2, -0.15) is 13.2 Å². The number of nitrogens with zero attached hydrogens (tertiary/aromatic N) is 1. The Morgan fingerprint density at radius 2 is 1.78 bits per heavy atom. The van der Waals surface area contributed by atoms with Crippen molar-refractivity contribution in [3.05, 3.63) is 0 Å². The zero-order valence-corrected chi connectivity index (χ0v) is 10.8. The fourth-order valence-corrected chi connectivity index (χ4v) is 3.46. The lowest BCUT2D eigenvalue weighted by molar-refractivity contribution is -0.124. The summed E-state index contributed by atoms with van der Waals surface area (Å²) in [6.45, 7) is 1.41. The lowest BCUT2D eigenvalue weighted by Crippen LogP contribution is -2.49. The maximum atomic E-state index is 12.0. The van der Waals surface area contributed by atoms with Gasteiger partial charge < -0.3 is 5.32 Å². The van der Waals surface area contributed by atoms with E-state index in [2.05, 4.69) is 10.2 Å². The van der Waals surface area contributed by atoms with Crippen molar-refractivity contribution in [2.45, 2.75) is 50.7 Å². The van der Waals surface area contributed by atoms with Gasteiger partial charge >= 0.3 is 6.18 Å². The summed E-state index contributed by atoms with van der Waals surface area (Å²) in [5.41, 5.74) is 0. The van der Waals surface area contributed by atoms with Crippen molar-refractivity contribution < 1.29 is 13.2 Å². The van der Waals surface area contributed by atoms with E-state index in [1.807, 2.05) is 0 Å². The summed E-state index contributed by atoms with van der Waals surface area (Å²) in [4.78, 5) is 2.41. The molecule has 0 aromatic carbocycles. The van der Waals surface area contributed by atoms with E-state index in [-0.39, 0.29) is 0 Å². The first kappa shape index (κ1) is 14.1. The number of nitrogens with one attached hydrogen (secondary N) is 1. The molecule has 106 valence electrons. The predicted octanol–water partition coefficient (Wildman–Crippen LogP) is 2.79. The van der Waals surface area contributed by atoms with Gasteiger partial charge in [-0.1, -0.05) is 12.8 Å². The summed E-state index contributed by atoms with van der Waals surface area (Å²) in [7, 11) is 0. The molecule has 0 unspecified atom stereocenters. The molecular formula is C13H23F3N2. The second-order valence-electron chi connectivity index (χ2n) is 5.58. The summed E-state index contributed by atoms with van der Waals surface area (Å²) in [6, 6.07) is 0.639. The van der Waals surface area contributed by atoms with Gasteiger partial charge in [0.05, 0.1) is 6.54 Å². The largest absolute Gasteiger partial charge is 0.401 e. The number of piperidine rings is 1. The number of rotatable bonds is 4. The molecule has 2 nitrogen and oxygen atoms in total. The molecule has 1 aliphatic heterocycles. The van der Waals surface area contributed by atoms with Crippen molar-refractivity contribution in [2.75, 3.05) is 26.2 Å². The normalized spacial score (nSPS) is 30.2. The van der Waals surface area contributed by atoms with Crippen molar-refractivity contribution in [3.63, 3.8) is 0 Å². The van der Waals surface area contributed by atoms with Gasteiger partial charge in [-0.05, 0) is 38.1 Å². The molecule has 1 saturated heterocycles. The van der Waals surface area contributed by atoms with E-state index >= 15 is 0 Å². The number of halogens is 3. The number of hydrogen-bond donors (Lipinski definition) is 1. The van der Waals surface area contributed by atoms with Crippen molar-refractivity contribution in [1.29, 1.82) is 0 Å². The van der Waals surface area contributed by atoms with E-state index in [0.29, 0.717) is 12.6 Å². The SMILES string of the molecule is FC(F)(F)CNCCN1CCC[C@H]2CCCC[C@H]21. The smallest absolute Gasteiger partial charge is 0.307 e. The minimum Gasteiger partial charge on any atom is -0.307 e. The summed E-state index contributed by atoms with van der Waals surface area (Å²) >= 11 is 0. The molecule has 5 heteroatoms. The van der Waals surface area contributed by atoms with Crippen LogP contribution < -0.4 is 5.32 Å². The molecule has 0 radical (unpaired) electrons. The first-order valence-electron chi connectivity index (χ1n) is 7.08. The zero-order valence-electron chi connectivity index (χ0n) is 10.8. The molecule has 2 aliphatic rings. The molecule has 1 heterocycles. The van der Waals surface area contributed by atoms with E-state index in [9.17, 15) is 13.2 Å². The van der Waals surface area contributed by atoms with Crippen LogP contribution in [0, 0.1) is 5.92 Å². The average molecular weight is 264 g/mol. The minimum atomic E-state index is -4.09. The second-order valence-corrected chi connectivity index (χ2v) is 5.58. The number of fused-ring (bicyclic) bond motifs is 1. The highest BCUT2D eigenvalue weighted by Crippen LogP contribution is 2.34. The Hall–Kier alpha value is -0.290. The molecule has 1 N–H and O–H groups in total. The van der Waals surface area contributed by atoms with Crippen LogP contribution >= 0.6 is 0 Å². The zero-order chi connectivity index (χ0) is 13.0. The van der Waals surface area contributed by atoms with Crippen LogP contribution in [-0.4, -0.2) is 43.3 Å². The summed E-state index contributed by atoms with van der Waals surface area (Å²) in [6.07, 6.45) is 3.61. The molecule has 1 aliphatic carbocycles. The van der Waals surface area contributed by atoms with E-state index in [1.165, 1.54) is 38.5 Å². The highest BCUT2D eigenvalue weighted by atomic mass is 19.4. The van der Waals surface area contributed by atoms with Crippen LogP contribution in [-0.2, 0) is 0 Å². The van der Waals surface area contributed by atoms with Crippen LogP contribution in [0.25, 0.3) is 0 Å². The van der Waals surface area contributed by atoms with Crippen LogP contribution in [0.1, 0.15) is 38.5 Å². The molecular weight excluding hydrogens is 241 g/mol. The number of likely N-dealkylation sites (tertiary alicyclic amines) is 1. The Morgan fingerprint density at radius 3 is 2.56 bits per heavy atom. The maximum absolute atomic E-state index is 12.0. The van der Waals surface area contributed by atoms with Crippen molar-refractivity contribution in [1.82, 2.24) is 10.2 Å². The monoisotopic (exact) mass is 264 g/mol. The average Bonchev–Trinajstić information content (AvgIpc) is 2.33. The second kappa shape index (κ2) is 6.24. The quantitative estimate of drug-likeness (QED) is 0.785.